The molecule has 0 bridgehead atoms. The third-order valence-corrected chi connectivity index (χ3v) is 5.59. The fraction of sp³-hybridized carbons (Fsp3) is 0.571. The van der Waals surface area contributed by atoms with Gasteiger partial charge in [-0.3, -0.25) is 0 Å². The number of hydrogen-bond donors (Lipinski definition) is 1. The molecular formula is C14H22N2O3S. The quantitative estimate of drug-likeness (QED) is 0.916. The number of sulfonamides is 1. The molecule has 1 heterocycles. The van der Waals surface area contributed by atoms with Crippen molar-refractivity contribution in [1.82, 2.24) is 4.31 Å². The molecule has 1 aliphatic rings. The molecule has 0 unspecified atom stereocenters. The number of benzene rings is 1. The van der Waals surface area contributed by atoms with Crippen LogP contribution in [0.1, 0.15) is 25.8 Å². The van der Waals surface area contributed by atoms with Gasteiger partial charge in [-0.05, 0) is 30.0 Å². The van der Waals surface area contributed by atoms with Gasteiger partial charge in [-0.25, -0.2) is 8.42 Å². The van der Waals surface area contributed by atoms with E-state index in [0.29, 0.717) is 24.4 Å². The lowest BCUT2D eigenvalue weighted by molar-refractivity contribution is 0.375. The molecule has 0 aromatic heterocycles. The van der Waals surface area contributed by atoms with Gasteiger partial charge in [0.1, 0.15) is 5.75 Å². The molecule has 2 rings (SSSR count). The standard InChI is InChI=1S/C14H22N2O3S/c1-14(2)6-7-16(10-14)20(17,18)12-4-5-13(19-3)11(8-12)9-15/h4-5,8H,6-7,9-10,15H2,1-3H3. The van der Waals surface area contributed by atoms with Gasteiger partial charge in [-0.1, -0.05) is 13.8 Å². The van der Waals surface area contributed by atoms with Crippen LogP contribution in [-0.4, -0.2) is 32.9 Å². The molecule has 20 heavy (non-hydrogen) atoms. The lowest BCUT2D eigenvalue weighted by Gasteiger charge is -2.20. The summed E-state index contributed by atoms with van der Waals surface area (Å²) in [4.78, 5) is 0.288. The van der Waals surface area contributed by atoms with Crippen molar-refractivity contribution in [3.63, 3.8) is 0 Å². The monoisotopic (exact) mass is 298 g/mol. The van der Waals surface area contributed by atoms with Crippen molar-refractivity contribution < 1.29 is 13.2 Å². The summed E-state index contributed by atoms with van der Waals surface area (Å²) in [6.45, 7) is 5.54. The van der Waals surface area contributed by atoms with Gasteiger partial charge in [-0.15, -0.1) is 0 Å². The second kappa shape index (κ2) is 5.35. The first-order valence-electron chi connectivity index (χ1n) is 6.67. The zero-order valence-corrected chi connectivity index (χ0v) is 13.0. The van der Waals surface area contributed by atoms with Crippen molar-refractivity contribution >= 4 is 10.0 Å². The number of ether oxygens (including phenoxy) is 1. The van der Waals surface area contributed by atoms with Crippen molar-refractivity contribution in [2.75, 3.05) is 20.2 Å². The van der Waals surface area contributed by atoms with Crippen LogP contribution < -0.4 is 10.5 Å². The van der Waals surface area contributed by atoms with Gasteiger partial charge in [0.05, 0.1) is 12.0 Å². The predicted molar refractivity (Wildman–Crippen MR) is 78.0 cm³/mol. The van der Waals surface area contributed by atoms with Crippen LogP contribution in [0.2, 0.25) is 0 Å². The first-order valence-corrected chi connectivity index (χ1v) is 8.11. The maximum Gasteiger partial charge on any atom is 0.243 e. The van der Waals surface area contributed by atoms with E-state index in [0.717, 1.165) is 6.42 Å². The third kappa shape index (κ3) is 2.82. The second-order valence-electron chi connectivity index (χ2n) is 5.93. The zero-order chi connectivity index (χ0) is 15.0. The molecule has 2 N–H and O–H groups in total. The Bertz CT molecular complexity index is 596. The van der Waals surface area contributed by atoms with Crippen LogP contribution in [0.25, 0.3) is 0 Å². The number of rotatable bonds is 4. The lowest BCUT2D eigenvalue weighted by atomic mass is 9.93. The van der Waals surface area contributed by atoms with E-state index in [1.165, 1.54) is 0 Å². The smallest absolute Gasteiger partial charge is 0.243 e. The predicted octanol–water partition coefficient (Wildman–Crippen LogP) is 1.57. The van der Waals surface area contributed by atoms with Crippen LogP contribution in [0, 0.1) is 5.41 Å². The van der Waals surface area contributed by atoms with Crippen molar-refractivity contribution in [2.24, 2.45) is 11.1 Å². The van der Waals surface area contributed by atoms with Gasteiger partial charge in [-0.2, -0.15) is 4.31 Å². The Morgan fingerprint density at radius 2 is 2.10 bits per heavy atom. The van der Waals surface area contributed by atoms with Gasteiger partial charge < -0.3 is 10.5 Å². The molecule has 1 saturated heterocycles. The lowest BCUT2D eigenvalue weighted by Crippen LogP contribution is -2.30. The van der Waals surface area contributed by atoms with E-state index in [1.807, 2.05) is 0 Å². The van der Waals surface area contributed by atoms with Crippen molar-refractivity contribution in [3.05, 3.63) is 23.8 Å². The molecular weight excluding hydrogens is 276 g/mol. The maximum absolute atomic E-state index is 12.6. The molecule has 1 aliphatic heterocycles. The Balaban J connectivity index is 2.35. The first-order chi connectivity index (χ1) is 9.30. The molecule has 0 spiro atoms. The molecule has 6 heteroatoms. The Kier molecular flexibility index (Phi) is 4.09. The first kappa shape index (κ1) is 15.3. The van der Waals surface area contributed by atoms with E-state index in [2.05, 4.69) is 13.8 Å². The average molecular weight is 298 g/mol. The Morgan fingerprint density at radius 3 is 2.60 bits per heavy atom. The summed E-state index contributed by atoms with van der Waals surface area (Å²) in [5, 5.41) is 0. The van der Waals surface area contributed by atoms with E-state index >= 15 is 0 Å². The van der Waals surface area contributed by atoms with Gasteiger partial charge in [0.25, 0.3) is 0 Å². The molecule has 1 aromatic carbocycles. The minimum Gasteiger partial charge on any atom is -0.496 e. The molecule has 0 aliphatic carbocycles. The van der Waals surface area contributed by atoms with Crippen LogP contribution in [0.3, 0.4) is 0 Å². The molecule has 112 valence electrons. The number of nitrogens with zero attached hydrogens (tertiary/aromatic N) is 1. The van der Waals surface area contributed by atoms with E-state index in [4.69, 9.17) is 10.5 Å². The zero-order valence-electron chi connectivity index (χ0n) is 12.2. The summed E-state index contributed by atoms with van der Waals surface area (Å²) in [6.07, 6.45) is 0.881. The molecule has 0 amide bonds. The number of hydrogen-bond acceptors (Lipinski definition) is 4. The van der Waals surface area contributed by atoms with E-state index < -0.39 is 10.0 Å². The van der Waals surface area contributed by atoms with Crippen molar-refractivity contribution in [3.8, 4) is 5.75 Å². The SMILES string of the molecule is COc1ccc(S(=O)(=O)N2CCC(C)(C)C2)cc1CN. The summed E-state index contributed by atoms with van der Waals surface area (Å²) in [7, 11) is -1.90. The highest BCUT2D eigenvalue weighted by Gasteiger charge is 2.36. The average Bonchev–Trinajstić information content (AvgIpc) is 2.78. The van der Waals surface area contributed by atoms with Crippen molar-refractivity contribution in [2.45, 2.75) is 31.7 Å². The second-order valence-corrected chi connectivity index (χ2v) is 7.87. The highest BCUT2D eigenvalue weighted by molar-refractivity contribution is 7.89. The highest BCUT2D eigenvalue weighted by atomic mass is 32.2. The topological polar surface area (TPSA) is 72.6 Å². The van der Waals surface area contributed by atoms with Crippen LogP contribution in [0.15, 0.2) is 23.1 Å². The minimum absolute atomic E-state index is 0.0379. The highest BCUT2D eigenvalue weighted by Crippen LogP contribution is 2.33. The molecule has 5 nitrogen and oxygen atoms in total. The maximum atomic E-state index is 12.6. The summed E-state index contributed by atoms with van der Waals surface area (Å²) >= 11 is 0. The summed E-state index contributed by atoms with van der Waals surface area (Å²) in [6, 6.07) is 4.86. The fourth-order valence-electron chi connectivity index (χ4n) is 2.49. The molecule has 1 fully saturated rings. The van der Waals surface area contributed by atoms with Crippen LogP contribution in [-0.2, 0) is 16.6 Å². The largest absolute Gasteiger partial charge is 0.496 e. The normalized spacial score (nSPS) is 19.2. The minimum atomic E-state index is -3.45. The van der Waals surface area contributed by atoms with Crippen LogP contribution in [0.5, 0.6) is 5.75 Å². The fourth-order valence-corrected chi connectivity index (χ4v) is 4.17. The van der Waals surface area contributed by atoms with Gasteiger partial charge in [0.15, 0.2) is 0 Å². The number of nitrogens with two attached hydrogens (primary N) is 1. The third-order valence-electron chi connectivity index (χ3n) is 3.75. The van der Waals surface area contributed by atoms with Crippen LogP contribution >= 0.6 is 0 Å². The van der Waals surface area contributed by atoms with E-state index in [9.17, 15) is 8.42 Å². The Labute approximate surface area is 120 Å². The summed E-state index contributed by atoms with van der Waals surface area (Å²) in [5.41, 5.74) is 6.39. The van der Waals surface area contributed by atoms with Crippen LogP contribution in [0.4, 0.5) is 0 Å². The van der Waals surface area contributed by atoms with Crippen molar-refractivity contribution in [1.29, 1.82) is 0 Å². The Morgan fingerprint density at radius 1 is 1.40 bits per heavy atom. The molecule has 0 saturated carbocycles. The van der Waals surface area contributed by atoms with E-state index in [1.54, 1.807) is 29.6 Å². The van der Waals surface area contributed by atoms with Gasteiger partial charge in [0.2, 0.25) is 10.0 Å². The van der Waals surface area contributed by atoms with E-state index in [-0.39, 0.29) is 16.9 Å². The van der Waals surface area contributed by atoms with Gasteiger partial charge >= 0.3 is 0 Å². The summed E-state index contributed by atoms with van der Waals surface area (Å²) in [5.74, 6) is 0.619. The summed E-state index contributed by atoms with van der Waals surface area (Å²) < 4.78 is 32.0. The number of methoxy groups -OCH3 is 1. The molecule has 1 aromatic rings. The molecule has 0 atom stereocenters. The van der Waals surface area contributed by atoms with Gasteiger partial charge in [0, 0.05) is 25.2 Å². The Hall–Kier alpha value is -1.11. The molecule has 0 radical (unpaired) electrons.